The van der Waals surface area contributed by atoms with Crippen LogP contribution in [0.1, 0.15) is 6.42 Å². The van der Waals surface area contributed by atoms with Gasteiger partial charge < -0.3 is 10.1 Å². The quantitative estimate of drug-likeness (QED) is 0.389. The number of nitrogens with zero attached hydrogens (tertiary/aromatic N) is 1. The van der Waals surface area contributed by atoms with Crippen molar-refractivity contribution in [3.8, 4) is 5.75 Å². The lowest BCUT2D eigenvalue weighted by molar-refractivity contribution is 0.415. The van der Waals surface area contributed by atoms with Crippen LogP contribution in [0.5, 0.6) is 5.75 Å². The van der Waals surface area contributed by atoms with Crippen LogP contribution in [-0.2, 0) is 17.1 Å². The van der Waals surface area contributed by atoms with E-state index in [1.165, 1.54) is 24.8 Å². The average Bonchev–Trinajstić information content (AvgIpc) is 2.61. The van der Waals surface area contributed by atoms with Crippen molar-refractivity contribution in [3.05, 3.63) is 43.2 Å². The van der Waals surface area contributed by atoms with E-state index in [1.54, 1.807) is 12.1 Å². The summed E-state index contributed by atoms with van der Waals surface area (Å²) in [6.07, 6.45) is 0.288. The standard InChI is InChI=1S/C16H18Cl2IN3O4S/c1-22-14(23)9-13(26-2)15(21-27(24,25)7-3-6-17)16(22)20-12-5-4-10(19)8-11(12)18/h4-5,8-9,20-21H,3,6-7H2,1-2H3. The Labute approximate surface area is 181 Å². The van der Waals surface area contributed by atoms with E-state index in [9.17, 15) is 13.2 Å². The molecule has 0 fully saturated rings. The molecule has 0 saturated carbocycles. The predicted octanol–water partition coefficient (Wildman–Crippen LogP) is 3.77. The third-order valence-electron chi connectivity index (χ3n) is 3.61. The molecule has 1 heterocycles. The molecule has 11 heteroatoms. The Hall–Kier alpha value is -1.17. The third kappa shape index (κ3) is 5.66. The number of methoxy groups -OCH3 is 1. The topological polar surface area (TPSA) is 89.4 Å². The second-order valence-corrected chi connectivity index (χ2v) is 9.42. The van der Waals surface area contributed by atoms with Crippen molar-refractivity contribution in [2.45, 2.75) is 6.42 Å². The fourth-order valence-electron chi connectivity index (χ4n) is 2.25. The maximum atomic E-state index is 12.4. The molecule has 7 nitrogen and oxygen atoms in total. The van der Waals surface area contributed by atoms with Crippen LogP contribution in [0.3, 0.4) is 0 Å². The van der Waals surface area contributed by atoms with E-state index in [4.69, 9.17) is 27.9 Å². The number of sulfonamides is 1. The number of pyridine rings is 1. The molecule has 0 aliphatic rings. The minimum atomic E-state index is -3.69. The molecule has 27 heavy (non-hydrogen) atoms. The highest BCUT2D eigenvalue weighted by atomic mass is 127. The number of alkyl halides is 1. The molecule has 0 radical (unpaired) electrons. The Morgan fingerprint density at radius 2 is 2.00 bits per heavy atom. The Balaban J connectivity index is 2.57. The number of benzene rings is 1. The molecule has 1 aromatic heterocycles. The van der Waals surface area contributed by atoms with E-state index in [2.05, 4.69) is 32.6 Å². The second kappa shape index (κ2) is 9.35. The predicted molar refractivity (Wildman–Crippen MR) is 118 cm³/mol. The number of rotatable bonds is 8. The summed E-state index contributed by atoms with van der Waals surface area (Å²) < 4.78 is 34.7. The highest BCUT2D eigenvalue weighted by Gasteiger charge is 2.21. The minimum absolute atomic E-state index is 0.0942. The maximum Gasteiger partial charge on any atom is 0.255 e. The van der Waals surface area contributed by atoms with Gasteiger partial charge in [0.05, 0.1) is 23.6 Å². The number of hydrogen-bond donors (Lipinski definition) is 2. The average molecular weight is 546 g/mol. The number of ether oxygens (including phenoxy) is 1. The van der Waals surface area contributed by atoms with Gasteiger partial charge in [-0.2, -0.15) is 0 Å². The van der Waals surface area contributed by atoms with Gasteiger partial charge in [0.25, 0.3) is 5.56 Å². The molecule has 0 spiro atoms. The third-order valence-corrected chi connectivity index (χ3v) is 6.20. The van der Waals surface area contributed by atoms with Gasteiger partial charge in [-0.1, -0.05) is 11.6 Å². The fraction of sp³-hybridized carbons (Fsp3) is 0.312. The van der Waals surface area contributed by atoms with E-state index in [1.807, 2.05) is 6.07 Å². The zero-order valence-corrected chi connectivity index (χ0v) is 19.0. The van der Waals surface area contributed by atoms with E-state index >= 15 is 0 Å². The van der Waals surface area contributed by atoms with Crippen LogP contribution in [0, 0.1) is 3.57 Å². The van der Waals surface area contributed by atoms with E-state index < -0.39 is 10.0 Å². The molecular weight excluding hydrogens is 528 g/mol. The van der Waals surface area contributed by atoms with Gasteiger partial charge in [-0.25, -0.2) is 8.42 Å². The van der Waals surface area contributed by atoms with Crippen molar-refractivity contribution in [1.82, 2.24) is 4.57 Å². The lowest BCUT2D eigenvalue weighted by Crippen LogP contribution is -2.24. The summed E-state index contributed by atoms with van der Waals surface area (Å²) in [6, 6.07) is 6.52. The van der Waals surface area contributed by atoms with Crippen molar-refractivity contribution >= 4 is 73.0 Å². The molecule has 0 unspecified atom stereocenters. The largest absolute Gasteiger partial charge is 0.494 e. The fourth-order valence-corrected chi connectivity index (χ4v) is 4.58. The molecule has 2 N–H and O–H groups in total. The minimum Gasteiger partial charge on any atom is -0.494 e. The first-order valence-electron chi connectivity index (χ1n) is 7.75. The molecule has 0 aliphatic carbocycles. The van der Waals surface area contributed by atoms with Crippen molar-refractivity contribution in [1.29, 1.82) is 0 Å². The van der Waals surface area contributed by atoms with Crippen molar-refractivity contribution in [3.63, 3.8) is 0 Å². The normalized spacial score (nSPS) is 11.3. The monoisotopic (exact) mass is 545 g/mol. The van der Waals surface area contributed by atoms with Gasteiger partial charge in [0.2, 0.25) is 10.0 Å². The van der Waals surface area contributed by atoms with Crippen LogP contribution in [0.25, 0.3) is 0 Å². The summed E-state index contributed by atoms with van der Waals surface area (Å²) in [4.78, 5) is 12.3. The van der Waals surface area contributed by atoms with E-state index in [0.717, 1.165) is 3.57 Å². The Kier molecular flexibility index (Phi) is 7.66. The van der Waals surface area contributed by atoms with Gasteiger partial charge in [0.15, 0.2) is 5.75 Å². The first kappa shape index (κ1) is 22.1. The summed E-state index contributed by atoms with van der Waals surface area (Å²) in [5, 5.41) is 3.45. The number of halogens is 3. The molecule has 0 atom stereocenters. The van der Waals surface area contributed by atoms with Crippen LogP contribution in [0.4, 0.5) is 17.2 Å². The molecule has 0 bridgehead atoms. The molecule has 0 saturated heterocycles. The van der Waals surface area contributed by atoms with Gasteiger partial charge in [0, 0.05) is 22.6 Å². The van der Waals surface area contributed by atoms with Crippen molar-refractivity contribution in [2.75, 3.05) is 28.8 Å². The Bertz CT molecular complexity index is 996. The number of aromatic nitrogens is 1. The Morgan fingerprint density at radius 3 is 2.59 bits per heavy atom. The summed E-state index contributed by atoms with van der Waals surface area (Å²) in [5.74, 6) is 0.356. The van der Waals surface area contributed by atoms with Crippen LogP contribution < -0.4 is 20.3 Å². The zero-order chi connectivity index (χ0) is 20.2. The zero-order valence-electron chi connectivity index (χ0n) is 14.6. The molecule has 148 valence electrons. The lowest BCUT2D eigenvalue weighted by Gasteiger charge is -2.20. The highest BCUT2D eigenvalue weighted by molar-refractivity contribution is 14.1. The van der Waals surface area contributed by atoms with Gasteiger partial charge in [-0.15, -0.1) is 11.6 Å². The molecule has 0 aliphatic heterocycles. The molecular formula is C16H18Cl2IN3O4S. The number of hydrogen-bond acceptors (Lipinski definition) is 5. The first-order chi connectivity index (χ1) is 12.7. The van der Waals surface area contributed by atoms with Crippen LogP contribution in [-0.4, -0.2) is 31.7 Å². The summed E-state index contributed by atoms with van der Waals surface area (Å²) in [6.45, 7) is 0. The van der Waals surface area contributed by atoms with Gasteiger partial charge in [-0.3, -0.25) is 14.1 Å². The summed E-state index contributed by atoms with van der Waals surface area (Å²) >= 11 is 14.0. The SMILES string of the molecule is COc1cc(=O)n(C)c(Nc2ccc(I)cc2Cl)c1NS(=O)(=O)CCCCl. The second-order valence-electron chi connectivity index (χ2n) is 5.55. The Morgan fingerprint density at radius 1 is 1.30 bits per heavy atom. The van der Waals surface area contributed by atoms with Crippen molar-refractivity contribution < 1.29 is 13.2 Å². The van der Waals surface area contributed by atoms with Crippen LogP contribution in [0.15, 0.2) is 29.1 Å². The number of nitrogens with one attached hydrogen (secondary N) is 2. The van der Waals surface area contributed by atoms with Gasteiger partial charge in [0.1, 0.15) is 11.5 Å². The van der Waals surface area contributed by atoms with E-state index in [0.29, 0.717) is 10.7 Å². The highest BCUT2D eigenvalue weighted by Crippen LogP contribution is 2.35. The molecule has 1 aromatic carbocycles. The number of anilines is 3. The summed E-state index contributed by atoms with van der Waals surface area (Å²) in [7, 11) is -0.825. The summed E-state index contributed by atoms with van der Waals surface area (Å²) in [5.41, 5.74) is 0.255. The maximum absolute atomic E-state index is 12.4. The van der Waals surface area contributed by atoms with Gasteiger partial charge >= 0.3 is 0 Å². The molecule has 2 rings (SSSR count). The van der Waals surface area contributed by atoms with Crippen LogP contribution >= 0.6 is 45.8 Å². The van der Waals surface area contributed by atoms with Crippen LogP contribution in [0.2, 0.25) is 5.02 Å². The van der Waals surface area contributed by atoms with Crippen molar-refractivity contribution in [2.24, 2.45) is 7.05 Å². The van der Waals surface area contributed by atoms with E-state index in [-0.39, 0.29) is 40.9 Å². The smallest absolute Gasteiger partial charge is 0.255 e. The molecule has 2 aromatic rings. The first-order valence-corrected chi connectivity index (χ1v) is 11.4. The lowest BCUT2D eigenvalue weighted by atomic mass is 10.3. The van der Waals surface area contributed by atoms with Gasteiger partial charge in [-0.05, 0) is 47.2 Å². The molecule has 0 amide bonds.